The summed E-state index contributed by atoms with van der Waals surface area (Å²) >= 11 is 0. The van der Waals surface area contributed by atoms with Crippen molar-refractivity contribution in [1.29, 1.82) is 0 Å². The fraction of sp³-hybridized carbons (Fsp3) is 0.667. The van der Waals surface area contributed by atoms with Gasteiger partial charge in [0.2, 0.25) is 0 Å². The van der Waals surface area contributed by atoms with E-state index < -0.39 is 10.0 Å². The third-order valence-corrected chi connectivity index (χ3v) is 4.75. The van der Waals surface area contributed by atoms with E-state index >= 15 is 0 Å². The molecule has 0 radical (unpaired) electrons. The summed E-state index contributed by atoms with van der Waals surface area (Å²) in [5, 5.41) is 15.2. The van der Waals surface area contributed by atoms with Gasteiger partial charge in [-0.1, -0.05) is 0 Å². The summed E-state index contributed by atoms with van der Waals surface area (Å²) in [6, 6.07) is 1.45. The number of sulfonamides is 1. The number of hydrogen-bond donors (Lipinski definition) is 2. The summed E-state index contributed by atoms with van der Waals surface area (Å²) in [6.07, 6.45) is 2.85. The number of H-pyrrole nitrogens is 1. The molecule has 2 rings (SSSR count). The third-order valence-electron chi connectivity index (χ3n) is 2.92. The Morgan fingerprint density at radius 1 is 1.50 bits per heavy atom. The van der Waals surface area contributed by atoms with Crippen molar-refractivity contribution in [2.75, 3.05) is 19.7 Å². The Morgan fingerprint density at radius 2 is 2.19 bits per heavy atom. The molecular formula is C9H15N3O3S. The van der Waals surface area contributed by atoms with Crippen LogP contribution in [0.25, 0.3) is 0 Å². The van der Waals surface area contributed by atoms with Crippen LogP contribution in [0, 0.1) is 5.92 Å². The second-order valence-electron chi connectivity index (χ2n) is 3.95. The molecule has 16 heavy (non-hydrogen) atoms. The van der Waals surface area contributed by atoms with Gasteiger partial charge in [0.05, 0.1) is 6.20 Å². The highest BCUT2D eigenvalue weighted by molar-refractivity contribution is 7.89. The Labute approximate surface area is 94.3 Å². The van der Waals surface area contributed by atoms with Crippen LogP contribution in [0.3, 0.4) is 0 Å². The zero-order valence-corrected chi connectivity index (χ0v) is 9.65. The summed E-state index contributed by atoms with van der Waals surface area (Å²) in [5.41, 5.74) is 0. The molecule has 0 bridgehead atoms. The fourth-order valence-corrected chi connectivity index (χ4v) is 3.23. The van der Waals surface area contributed by atoms with E-state index in [-0.39, 0.29) is 17.6 Å². The SMILES string of the molecule is O=S(=O)(c1ccn[nH]1)N1CCC(CO)CC1. The minimum absolute atomic E-state index is 0.134. The maximum Gasteiger partial charge on any atom is 0.259 e. The highest BCUT2D eigenvalue weighted by Crippen LogP contribution is 2.22. The molecular weight excluding hydrogens is 230 g/mol. The number of piperidine rings is 1. The van der Waals surface area contributed by atoms with E-state index in [1.807, 2.05) is 0 Å². The van der Waals surface area contributed by atoms with E-state index in [2.05, 4.69) is 10.2 Å². The Balaban J connectivity index is 2.09. The normalized spacial score (nSPS) is 20.1. The minimum Gasteiger partial charge on any atom is -0.396 e. The lowest BCUT2D eigenvalue weighted by Crippen LogP contribution is -2.39. The summed E-state index contributed by atoms with van der Waals surface area (Å²) in [5.74, 6) is 0.230. The predicted octanol–water partition coefficient (Wildman–Crippen LogP) is -0.197. The Morgan fingerprint density at radius 3 is 2.69 bits per heavy atom. The van der Waals surface area contributed by atoms with E-state index in [0.29, 0.717) is 25.9 Å². The second kappa shape index (κ2) is 4.52. The zero-order valence-electron chi connectivity index (χ0n) is 8.83. The van der Waals surface area contributed by atoms with Gasteiger partial charge in [-0.05, 0) is 24.8 Å². The van der Waals surface area contributed by atoms with Gasteiger partial charge in [0.25, 0.3) is 10.0 Å². The lowest BCUT2D eigenvalue weighted by Gasteiger charge is -2.29. The first-order chi connectivity index (χ1) is 7.64. The van der Waals surface area contributed by atoms with Gasteiger partial charge < -0.3 is 5.11 Å². The van der Waals surface area contributed by atoms with Crippen molar-refractivity contribution in [3.8, 4) is 0 Å². The molecule has 0 saturated carbocycles. The van der Waals surface area contributed by atoms with Crippen LogP contribution in [-0.4, -0.2) is 47.7 Å². The van der Waals surface area contributed by atoms with E-state index in [9.17, 15) is 8.42 Å². The molecule has 1 aromatic heterocycles. The molecule has 0 aliphatic carbocycles. The second-order valence-corrected chi connectivity index (χ2v) is 5.86. The number of nitrogens with one attached hydrogen (secondary N) is 1. The van der Waals surface area contributed by atoms with Crippen LogP contribution in [0.2, 0.25) is 0 Å². The molecule has 1 aliphatic heterocycles. The first kappa shape index (κ1) is 11.6. The minimum atomic E-state index is -3.42. The number of aliphatic hydroxyl groups is 1. The number of rotatable bonds is 3. The molecule has 1 fully saturated rings. The highest BCUT2D eigenvalue weighted by atomic mass is 32.2. The van der Waals surface area contributed by atoms with E-state index in [4.69, 9.17) is 5.11 Å². The first-order valence-corrected chi connectivity index (χ1v) is 6.69. The van der Waals surface area contributed by atoms with Crippen LogP contribution in [0.4, 0.5) is 0 Å². The number of hydrogen-bond acceptors (Lipinski definition) is 4. The monoisotopic (exact) mass is 245 g/mol. The van der Waals surface area contributed by atoms with Crippen molar-refractivity contribution in [3.63, 3.8) is 0 Å². The van der Waals surface area contributed by atoms with Crippen molar-refractivity contribution in [1.82, 2.24) is 14.5 Å². The largest absolute Gasteiger partial charge is 0.396 e. The van der Waals surface area contributed by atoms with Crippen molar-refractivity contribution < 1.29 is 13.5 Å². The molecule has 0 aromatic carbocycles. The Kier molecular flexibility index (Phi) is 3.27. The molecule has 1 aromatic rings. The van der Waals surface area contributed by atoms with Gasteiger partial charge in [0.1, 0.15) is 0 Å². The third kappa shape index (κ3) is 2.11. The van der Waals surface area contributed by atoms with Gasteiger partial charge in [-0.25, -0.2) is 8.42 Å². The average molecular weight is 245 g/mol. The molecule has 0 atom stereocenters. The lowest BCUT2D eigenvalue weighted by atomic mass is 10.00. The Hall–Kier alpha value is -0.920. The zero-order chi connectivity index (χ0) is 11.6. The molecule has 0 spiro atoms. The summed E-state index contributed by atoms with van der Waals surface area (Å²) in [4.78, 5) is 0. The molecule has 1 saturated heterocycles. The Bertz CT molecular complexity index is 421. The number of nitrogens with zero attached hydrogens (tertiary/aromatic N) is 2. The number of aromatic nitrogens is 2. The quantitative estimate of drug-likeness (QED) is 0.772. The summed E-state index contributed by atoms with van der Waals surface area (Å²) in [6.45, 7) is 1.07. The first-order valence-electron chi connectivity index (χ1n) is 5.25. The van der Waals surface area contributed by atoms with Crippen LogP contribution in [0.5, 0.6) is 0 Å². The average Bonchev–Trinajstić information content (AvgIpc) is 2.83. The van der Waals surface area contributed by atoms with E-state index in [1.54, 1.807) is 0 Å². The van der Waals surface area contributed by atoms with Crippen LogP contribution in [0.1, 0.15) is 12.8 Å². The lowest BCUT2D eigenvalue weighted by molar-refractivity contribution is 0.170. The van der Waals surface area contributed by atoms with Crippen LogP contribution >= 0.6 is 0 Å². The molecule has 2 N–H and O–H groups in total. The number of aliphatic hydroxyl groups excluding tert-OH is 1. The van der Waals surface area contributed by atoms with Crippen LogP contribution in [-0.2, 0) is 10.0 Å². The fourth-order valence-electron chi connectivity index (χ4n) is 1.86. The molecule has 1 aliphatic rings. The number of aromatic amines is 1. The van der Waals surface area contributed by atoms with Crippen molar-refractivity contribution in [3.05, 3.63) is 12.3 Å². The predicted molar refractivity (Wildman–Crippen MR) is 57.2 cm³/mol. The molecule has 0 unspecified atom stereocenters. The molecule has 7 heteroatoms. The van der Waals surface area contributed by atoms with Gasteiger partial charge in [0, 0.05) is 19.7 Å². The molecule has 90 valence electrons. The summed E-state index contributed by atoms with van der Waals surface area (Å²) in [7, 11) is -3.42. The van der Waals surface area contributed by atoms with Crippen LogP contribution < -0.4 is 0 Å². The summed E-state index contributed by atoms with van der Waals surface area (Å²) < 4.78 is 25.5. The van der Waals surface area contributed by atoms with Crippen molar-refractivity contribution in [2.45, 2.75) is 17.9 Å². The highest BCUT2D eigenvalue weighted by Gasteiger charge is 2.29. The van der Waals surface area contributed by atoms with Gasteiger partial charge in [-0.2, -0.15) is 9.40 Å². The van der Waals surface area contributed by atoms with Crippen LogP contribution in [0.15, 0.2) is 17.3 Å². The smallest absolute Gasteiger partial charge is 0.259 e. The molecule has 0 amide bonds. The maximum atomic E-state index is 12.0. The van der Waals surface area contributed by atoms with E-state index in [1.165, 1.54) is 16.6 Å². The standard InChI is InChI=1S/C9H15N3O3S/c13-7-8-2-5-12(6-3-8)16(14,15)9-1-4-10-11-9/h1,4,8,13H,2-3,5-7H2,(H,10,11). The van der Waals surface area contributed by atoms with Crippen molar-refractivity contribution in [2.24, 2.45) is 5.92 Å². The van der Waals surface area contributed by atoms with Gasteiger partial charge >= 0.3 is 0 Å². The molecule has 2 heterocycles. The van der Waals surface area contributed by atoms with Gasteiger partial charge in [-0.15, -0.1) is 0 Å². The maximum absolute atomic E-state index is 12.0. The van der Waals surface area contributed by atoms with E-state index in [0.717, 1.165) is 0 Å². The van der Waals surface area contributed by atoms with Gasteiger partial charge in [-0.3, -0.25) is 5.10 Å². The van der Waals surface area contributed by atoms with Gasteiger partial charge in [0.15, 0.2) is 5.03 Å². The van der Waals surface area contributed by atoms with Crippen molar-refractivity contribution >= 4 is 10.0 Å². The molecule has 6 nitrogen and oxygen atoms in total. The topological polar surface area (TPSA) is 86.3 Å².